The van der Waals surface area contributed by atoms with E-state index in [9.17, 15) is 4.39 Å². The third-order valence-corrected chi connectivity index (χ3v) is 4.05. The van der Waals surface area contributed by atoms with Crippen LogP contribution in [-0.2, 0) is 19.8 Å². The SMILES string of the molecule is COCCCOCCOC(C)(CBr)c1ccccc1F. The molecule has 20 heavy (non-hydrogen) atoms. The van der Waals surface area contributed by atoms with E-state index in [2.05, 4.69) is 15.9 Å². The molecule has 0 aliphatic carbocycles. The standard InChI is InChI=1S/C15H22BrFO3/c1-15(12-16,13-6-3-4-7-14(13)17)20-11-10-19-9-5-8-18-2/h3-4,6-7H,5,8-12H2,1-2H3. The fraction of sp³-hybridized carbons (Fsp3) is 0.600. The quantitative estimate of drug-likeness (QED) is 0.478. The highest BCUT2D eigenvalue weighted by molar-refractivity contribution is 9.09. The van der Waals surface area contributed by atoms with Crippen LogP contribution in [0, 0.1) is 5.82 Å². The van der Waals surface area contributed by atoms with E-state index in [-0.39, 0.29) is 5.82 Å². The van der Waals surface area contributed by atoms with Crippen LogP contribution in [0.3, 0.4) is 0 Å². The fourth-order valence-corrected chi connectivity index (χ4v) is 2.28. The van der Waals surface area contributed by atoms with Crippen LogP contribution in [0.2, 0.25) is 0 Å². The summed E-state index contributed by atoms with van der Waals surface area (Å²) < 4.78 is 30.0. The third-order valence-electron chi connectivity index (χ3n) is 2.98. The molecular weight excluding hydrogens is 327 g/mol. The van der Waals surface area contributed by atoms with E-state index in [1.54, 1.807) is 19.2 Å². The lowest BCUT2D eigenvalue weighted by Crippen LogP contribution is -2.30. The van der Waals surface area contributed by atoms with E-state index in [1.165, 1.54) is 6.07 Å². The highest BCUT2D eigenvalue weighted by Crippen LogP contribution is 2.29. The van der Waals surface area contributed by atoms with Gasteiger partial charge in [0.15, 0.2) is 0 Å². The third kappa shape index (κ3) is 5.48. The van der Waals surface area contributed by atoms with Gasteiger partial charge in [-0.2, -0.15) is 0 Å². The molecule has 1 aromatic rings. The Hall–Kier alpha value is -0.490. The predicted molar refractivity (Wildman–Crippen MR) is 80.8 cm³/mol. The Morgan fingerprint density at radius 1 is 1.15 bits per heavy atom. The highest BCUT2D eigenvalue weighted by atomic mass is 79.9. The maximum absolute atomic E-state index is 13.8. The Labute approximate surface area is 128 Å². The molecule has 0 radical (unpaired) electrons. The maximum atomic E-state index is 13.8. The van der Waals surface area contributed by atoms with E-state index in [4.69, 9.17) is 14.2 Å². The molecule has 0 spiro atoms. The monoisotopic (exact) mass is 348 g/mol. The van der Waals surface area contributed by atoms with Gasteiger partial charge < -0.3 is 14.2 Å². The first-order valence-electron chi connectivity index (χ1n) is 6.65. The van der Waals surface area contributed by atoms with Gasteiger partial charge in [0, 0.05) is 31.2 Å². The van der Waals surface area contributed by atoms with Crippen molar-refractivity contribution in [3.63, 3.8) is 0 Å². The first kappa shape index (κ1) is 17.6. The van der Waals surface area contributed by atoms with Crippen molar-refractivity contribution >= 4 is 15.9 Å². The number of hydrogen-bond acceptors (Lipinski definition) is 3. The van der Waals surface area contributed by atoms with E-state index >= 15 is 0 Å². The number of halogens is 2. The second-order valence-corrected chi connectivity index (χ2v) is 5.21. The van der Waals surface area contributed by atoms with E-state index in [0.717, 1.165) is 6.42 Å². The summed E-state index contributed by atoms with van der Waals surface area (Å²) in [6, 6.07) is 6.67. The number of alkyl halides is 1. The Balaban J connectivity index is 2.40. The number of rotatable bonds is 10. The van der Waals surface area contributed by atoms with Gasteiger partial charge in [-0.1, -0.05) is 34.1 Å². The number of benzene rings is 1. The lowest BCUT2D eigenvalue weighted by atomic mass is 9.97. The van der Waals surface area contributed by atoms with Crippen molar-refractivity contribution < 1.29 is 18.6 Å². The zero-order valence-corrected chi connectivity index (χ0v) is 13.6. The van der Waals surface area contributed by atoms with Crippen LogP contribution < -0.4 is 0 Å². The molecule has 0 fully saturated rings. The number of methoxy groups -OCH3 is 1. The molecular formula is C15H22BrFO3. The second kappa shape index (κ2) is 9.45. The molecule has 1 unspecified atom stereocenters. The van der Waals surface area contributed by atoms with Crippen molar-refractivity contribution in [3.8, 4) is 0 Å². The lowest BCUT2D eigenvalue weighted by molar-refractivity contribution is -0.0488. The summed E-state index contributed by atoms with van der Waals surface area (Å²) in [5.74, 6) is -0.254. The van der Waals surface area contributed by atoms with Gasteiger partial charge in [-0.3, -0.25) is 0 Å². The van der Waals surface area contributed by atoms with Crippen LogP contribution >= 0.6 is 15.9 Å². The molecule has 114 valence electrons. The molecule has 0 heterocycles. The van der Waals surface area contributed by atoms with Gasteiger partial charge in [0.2, 0.25) is 0 Å². The fourth-order valence-electron chi connectivity index (χ4n) is 1.81. The Morgan fingerprint density at radius 2 is 1.90 bits per heavy atom. The van der Waals surface area contributed by atoms with E-state index in [1.807, 2.05) is 13.0 Å². The van der Waals surface area contributed by atoms with Crippen LogP contribution in [0.5, 0.6) is 0 Å². The van der Waals surface area contributed by atoms with Crippen LogP contribution in [0.25, 0.3) is 0 Å². The van der Waals surface area contributed by atoms with Gasteiger partial charge in [0.05, 0.1) is 13.2 Å². The summed E-state index contributed by atoms with van der Waals surface area (Å²) in [5, 5.41) is 0.518. The zero-order chi connectivity index (χ0) is 14.8. The molecule has 0 aromatic heterocycles. The van der Waals surface area contributed by atoms with Gasteiger partial charge in [-0.15, -0.1) is 0 Å². The minimum atomic E-state index is -0.693. The van der Waals surface area contributed by atoms with Gasteiger partial charge in [0.1, 0.15) is 11.4 Å². The summed E-state index contributed by atoms with van der Waals surface area (Å²) in [6.07, 6.45) is 0.861. The van der Waals surface area contributed by atoms with Crippen molar-refractivity contribution in [1.29, 1.82) is 0 Å². The molecule has 1 atom stereocenters. The van der Waals surface area contributed by atoms with E-state index in [0.29, 0.717) is 37.3 Å². The second-order valence-electron chi connectivity index (χ2n) is 4.65. The van der Waals surface area contributed by atoms with Gasteiger partial charge in [0.25, 0.3) is 0 Å². The number of hydrogen-bond donors (Lipinski definition) is 0. The first-order chi connectivity index (χ1) is 9.64. The highest BCUT2D eigenvalue weighted by Gasteiger charge is 2.29. The van der Waals surface area contributed by atoms with E-state index < -0.39 is 5.60 Å². The number of ether oxygens (including phenoxy) is 3. The molecule has 0 aliphatic heterocycles. The van der Waals surface area contributed by atoms with Crippen molar-refractivity contribution in [2.45, 2.75) is 18.9 Å². The summed E-state index contributed by atoms with van der Waals surface area (Å²) >= 11 is 3.40. The molecule has 0 amide bonds. The van der Waals surface area contributed by atoms with Crippen LogP contribution in [0.1, 0.15) is 18.9 Å². The molecule has 0 aliphatic rings. The van der Waals surface area contributed by atoms with Crippen LogP contribution in [0.15, 0.2) is 24.3 Å². The smallest absolute Gasteiger partial charge is 0.129 e. The topological polar surface area (TPSA) is 27.7 Å². The average Bonchev–Trinajstić information content (AvgIpc) is 2.46. The Morgan fingerprint density at radius 3 is 2.55 bits per heavy atom. The molecule has 0 N–H and O–H groups in total. The average molecular weight is 349 g/mol. The van der Waals surface area contributed by atoms with Crippen LogP contribution in [0.4, 0.5) is 4.39 Å². The summed E-state index contributed by atoms with van der Waals surface area (Å²) in [4.78, 5) is 0. The minimum absolute atomic E-state index is 0.254. The molecule has 0 bridgehead atoms. The van der Waals surface area contributed by atoms with Crippen molar-refractivity contribution in [2.75, 3.05) is 38.9 Å². The summed E-state index contributed by atoms with van der Waals surface area (Å²) in [6.45, 7) is 4.10. The maximum Gasteiger partial charge on any atom is 0.129 e. The molecule has 0 saturated carbocycles. The molecule has 3 nitrogen and oxygen atoms in total. The molecule has 1 aromatic carbocycles. The zero-order valence-electron chi connectivity index (χ0n) is 12.0. The molecule has 1 rings (SSSR count). The van der Waals surface area contributed by atoms with Crippen molar-refractivity contribution in [2.24, 2.45) is 0 Å². The summed E-state index contributed by atoms with van der Waals surface area (Å²) in [7, 11) is 1.67. The normalized spacial score (nSPS) is 14.2. The van der Waals surface area contributed by atoms with Gasteiger partial charge in [-0.25, -0.2) is 4.39 Å². The molecule has 0 saturated heterocycles. The predicted octanol–water partition coefficient (Wildman–Crippen LogP) is 3.51. The summed E-state index contributed by atoms with van der Waals surface area (Å²) in [5.41, 5.74) is -0.141. The van der Waals surface area contributed by atoms with Gasteiger partial charge in [-0.05, 0) is 19.4 Å². The van der Waals surface area contributed by atoms with Gasteiger partial charge >= 0.3 is 0 Å². The Bertz CT molecular complexity index is 389. The van der Waals surface area contributed by atoms with Crippen molar-refractivity contribution in [1.82, 2.24) is 0 Å². The van der Waals surface area contributed by atoms with Crippen LogP contribution in [-0.4, -0.2) is 38.9 Å². The van der Waals surface area contributed by atoms with Crippen molar-refractivity contribution in [3.05, 3.63) is 35.6 Å². The lowest BCUT2D eigenvalue weighted by Gasteiger charge is -2.28. The first-order valence-corrected chi connectivity index (χ1v) is 7.78. The molecule has 5 heteroatoms. The largest absolute Gasteiger partial charge is 0.385 e. The minimum Gasteiger partial charge on any atom is -0.385 e. The Kier molecular flexibility index (Phi) is 8.30.